The zero-order valence-electron chi connectivity index (χ0n) is 16.9. The summed E-state index contributed by atoms with van der Waals surface area (Å²) < 4.78 is 15.9. The van der Waals surface area contributed by atoms with E-state index in [4.69, 9.17) is 9.47 Å². The second kappa shape index (κ2) is 10.2. The molecule has 0 aliphatic heterocycles. The molecule has 2 aliphatic carbocycles. The lowest BCUT2D eigenvalue weighted by Crippen LogP contribution is -2.03. The second-order valence-corrected chi connectivity index (χ2v) is 7.47. The van der Waals surface area contributed by atoms with Crippen LogP contribution in [0.4, 0.5) is 0 Å². The van der Waals surface area contributed by atoms with Crippen LogP contribution in [0.1, 0.15) is 49.1 Å². The van der Waals surface area contributed by atoms with Crippen molar-refractivity contribution in [3.63, 3.8) is 0 Å². The summed E-state index contributed by atoms with van der Waals surface area (Å²) in [5, 5.41) is 0. The number of methoxy groups -OCH3 is 2. The van der Waals surface area contributed by atoms with Gasteiger partial charge >= 0.3 is 5.97 Å². The van der Waals surface area contributed by atoms with Crippen molar-refractivity contribution in [1.29, 1.82) is 0 Å². The molecule has 0 saturated heterocycles. The van der Waals surface area contributed by atoms with Gasteiger partial charge in [0, 0.05) is 12.3 Å². The minimum absolute atomic E-state index is 0.189. The summed E-state index contributed by atoms with van der Waals surface area (Å²) in [4.78, 5) is 11.2. The molecular weight excluding hydrogens is 352 g/mol. The fraction of sp³-hybridized carbons (Fsp3) is 0.458. The first-order valence-electron chi connectivity index (χ1n) is 10.1. The van der Waals surface area contributed by atoms with Gasteiger partial charge in [-0.3, -0.25) is 4.79 Å². The van der Waals surface area contributed by atoms with Crippen molar-refractivity contribution in [2.45, 2.75) is 44.4 Å². The van der Waals surface area contributed by atoms with Gasteiger partial charge in [-0.05, 0) is 54.2 Å². The quantitative estimate of drug-likeness (QED) is 0.592. The molecule has 28 heavy (non-hydrogen) atoms. The zero-order valence-corrected chi connectivity index (χ0v) is 16.9. The number of hydrogen-bond acceptors (Lipinski definition) is 4. The molecule has 0 spiro atoms. The second-order valence-electron chi connectivity index (χ2n) is 7.47. The monoisotopic (exact) mass is 382 g/mol. The van der Waals surface area contributed by atoms with E-state index in [0.717, 1.165) is 23.5 Å². The lowest BCUT2D eigenvalue weighted by atomic mass is 10.1. The molecule has 2 fully saturated rings. The molecule has 0 bridgehead atoms. The average molecular weight is 383 g/mol. The van der Waals surface area contributed by atoms with Crippen molar-refractivity contribution in [1.82, 2.24) is 0 Å². The van der Waals surface area contributed by atoms with E-state index in [2.05, 4.69) is 16.9 Å². The molecule has 4 rings (SSSR count). The van der Waals surface area contributed by atoms with Gasteiger partial charge in [0.1, 0.15) is 11.5 Å². The number of esters is 1. The standard InChI is InChI=1S/C21H24O4.C3H6/c1-23-18-7-4-6-16(12-18)20-13-17(20)14-25-19-8-3-5-15(11-19)9-10-21(22)24-2;1-2-3-1/h3-8,11-12,17,20H,9-10,13-14H2,1-2H3;1-3H2. The van der Waals surface area contributed by atoms with Crippen molar-refractivity contribution >= 4 is 5.97 Å². The Bertz CT molecular complexity index is 766. The molecule has 2 atom stereocenters. The molecular formula is C24H30O4. The molecule has 150 valence electrons. The predicted molar refractivity (Wildman–Crippen MR) is 110 cm³/mol. The Kier molecular flexibility index (Phi) is 7.35. The SMILES string of the molecule is C1CC1.COC(=O)CCc1cccc(OCC2CC2c2cccc(OC)c2)c1. The summed E-state index contributed by atoms with van der Waals surface area (Å²) in [5.41, 5.74) is 2.41. The van der Waals surface area contributed by atoms with Crippen LogP contribution in [0.3, 0.4) is 0 Å². The van der Waals surface area contributed by atoms with E-state index < -0.39 is 0 Å². The third kappa shape index (κ3) is 6.59. The first-order chi connectivity index (χ1) is 13.7. The van der Waals surface area contributed by atoms with Gasteiger partial charge in [0.25, 0.3) is 0 Å². The first-order valence-corrected chi connectivity index (χ1v) is 10.1. The van der Waals surface area contributed by atoms with E-state index in [1.54, 1.807) is 7.11 Å². The average Bonchev–Trinajstić information content (AvgIpc) is 3.64. The first kappa shape index (κ1) is 20.2. The third-order valence-corrected chi connectivity index (χ3v) is 5.01. The minimum atomic E-state index is -0.189. The highest BCUT2D eigenvalue weighted by atomic mass is 16.5. The number of rotatable bonds is 8. The molecule has 0 N–H and O–H groups in total. The highest BCUT2D eigenvalue weighted by Crippen LogP contribution is 2.48. The van der Waals surface area contributed by atoms with Crippen LogP contribution in [0.25, 0.3) is 0 Å². The number of ether oxygens (including phenoxy) is 3. The van der Waals surface area contributed by atoms with E-state index in [-0.39, 0.29) is 5.97 Å². The highest BCUT2D eigenvalue weighted by molar-refractivity contribution is 5.69. The number of benzene rings is 2. The van der Waals surface area contributed by atoms with Crippen molar-refractivity contribution in [2.24, 2.45) is 5.92 Å². The van der Waals surface area contributed by atoms with E-state index in [9.17, 15) is 4.79 Å². The van der Waals surface area contributed by atoms with Crippen molar-refractivity contribution in [2.75, 3.05) is 20.8 Å². The smallest absolute Gasteiger partial charge is 0.305 e. The fourth-order valence-electron chi connectivity index (χ4n) is 3.05. The summed E-state index contributed by atoms with van der Waals surface area (Å²) in [6.07, 6.45) is 6.70. The molecule has 2 saturated carbocycles. The van der Waals surface area contributed by atoms with Crippen molar-refractivity contribution in [3.8, 4) is 11.5 Å². The molecule has 0 aromatic heterocycles. The largest absolute Gasteiger partial charge is 0.497 e. The van der Waals surface area contributed by atoms with Crippen molar-refractivity contribution in [3.05, 3.63) is 59.7 Å². The summed E-state index contributed by atoms with van der Waals surface area (Å²) in [7, 11) is 3.11. The van der Waals surface area contributed by atoms with Crippen LogP contribution in [0.15, 0.2) is 48.5 Å². The maximum absolute atomic E-state index is 11.2. The molecule has 2 aromatic carbocycles. The Balaban J connectivity index is 0.000000684. The van der Waals surface area contributed by atoms with Crippen molar-refractivity contribution < 1.29 is 19.0 Å². The summed E-state index contributed by atoms with van der Waals surface area (Å²) in [5.74, 6) is 2.68. The Labute approximate surface area is 167 Å². The van der Waals surface area contributed by atoms with Crippen LogP contribution >= 0.6 is 0 Å². The molecule has 2 unspecified atom stereocenters. The lowest BCUT2D eigenvalue weighted by Gasteiger charge is -2.08. The molecule has 4 heteroatoms. The van der Waals surface area contributed by atoms with E-state index in [0.29, 0.717) is 31.3 Å². The molecule has 2 aliphatic rings. The van der Waals surface area contributed by atoms with Gasteiger partial charge in [-0.25, -0.2) is 0 Å². The Morgan fingerprint density at radius 1 is 1.00 bits per heavy atom. The Morgan fingerprint density at radius 2 is 1.75 bits per heavy atom. The summed E-state index contributed by atoms with van der Waals surface area (Å²) in [6, 6.07) is 16.2. The lowest BCUT2D eigenvalue weighted by molar-refractivity contribution is -0.140. The van der Waals surface area contributed by atoms with Gasteiger partial charge in [-0.15, -0.1) is 0 Å². The van der Waals surface area contributed by atoms with Gasteiger partial charge in [0.2, 0.25) is 0 Å². The Morgan fingerprint density at radius 3 is 2.46 bits per heavy atom. The zero-order chi connectivity index (χ0) is 19.8. The maximum Gasteiger partial charge on any atom is 0.305 e. The van der Waals surface area contributed by atoms with Crippen LogP contribution in [0, 0.1) is 5.92 Å². The molecule has 2 aromatic rings. The summed E-state index contributed by atoms with van der Waals surface area (Å²) in [6.45, 7) is 0.711. The van der Waals surface area contributed by atoms with Gasteiger partial charge in [-0.1, -0.05) is 43.5 Å². The third-order valence-electron chi connectivity index (χ3n) is 5.01. The highest BCUT2D eigenvalue weighted by Gasteiger charge is 2.39. The topological polar surface area (TPSA) is 44.8 Å². The minimum Gasteiger partial charge on any atom is -0.497 e. The number of carbonyl (C=O) groups is 1. The van der Waals surface area contributed by atoms with Crippen LogP contribution in [0.5, 0.6) is 11.5 Å². The number of hydrogen-bond donors (Lipinski definition) is 0. The summed E-state index contributed by atoms with van der Waals surface area (Å²) >= 11 is 0. The van der Waals surface area contributed by atoms with Gasteiger partial charge in [0.15, 0.2) is 0 Å². The van der Waals surface area contributed by atoms with Gasteiger partial charge in [0.05, 0.1) is 20.8 Å². The van der Waals surface area contributed by atoms with E-state index in [1.165, 1.54) is 31.9 Å². The molecule has 4 nitrogen and oxygen atoms in total. The van der Waals surface area contributed by atoms with Gasteiger partial charge < -0.3 is 14.2 Å². The molecule has 0 amide bonds. The van der Waals surface area contributed by atoms with Gasteiger partial charge in [-0.2, -0.15) is 0 Å². The number of aryl methyl sites for hydroxylation is 1. The van der Waals surface area contributed by atoms with Crippen LogP contribution in [-0.4, -0.2) is 26.8 Å². The Hall–Kier alpha value is -2.49. The van der Waals surface area contributed by atoms with E-state index >= 15 is 0 Å². The maximum atomic E-state index is 11.2. The van der Waals surface area contributed by atoms with Crippen LogP contribution in [0.2, 0.25) is 0 Å². The molecule has 0 heterocycles. The predicted octanol–water partition coefficient (Wildman–Crippen LogP) is 5.15. The van der Waals surface area contributed by atoms with Crippen LogP contribution in [-0.2, 0) is 16.0 Å². The van der Waals surface area contributed by atoms with Crippen LogP contribution < -0.4 is 9.47 Å². The van der Waals surface area contributed by atoms with E-state index in [1.807, 2.05) is 36.4 Å². The molecule has 0 radical (unpaired) electrons. The normalized spacial score (nSPS) is 19.1. The fourth-order valence-corrected chi connectivity index (χ4v) is 3.05. The number of carbonyl (C=O) groups excluding carboxylic acids is 1.